The molecule has 0 unspecified atom stereocenters. The Bertz CT molecular complexity index is 398. The Labute approximate surface area is 81.3 Å². The molecule has 1 aromatic rings. The first-order valence-electron chi connectivity index (χ1n) is 4.64. The predicted octanol–water partition coefficient (Wildman–Crippen LogP) is -0.138. The topological polar surface area (TPSA) is 81.0 Å². The van der Waals surface area contributed by atoms with E-state index in [4.69, 9.17) is 10.5 Å². The Kier molecular flexibility index (Phi) is 2.35. The number of aromatic nitrogens is 2. The van der Waals surface area contributed by atoms with Crippen molar-refractivity contribution >= 4 is 0 Å². The van der Waals surface area contributed by atoms with E-state index in [1.807, 2.05) is 6.92 Å². The van der Waals surface area contributed by atoms with Crippen molar-refractivity contribution in [1.82, 2.24) is 9.97 Å². The lowest BCUT2D eigenvalue weighted by atomic mass is 10.0. The molecular formula is C9H13N3O2. The molecule has 0 saturated heterocycles. The van der Waals surface area contributed by atoms with Gasteiger partial charge in [-0.15, -0.1) is 0 Å². The van der Waals surface area contributed by atoms with E-state index in [0.717, 1.165) is 17.7 Å². The molecule has 0 amide bonds. The largest absolute Gasteiger partial charge is 0.376 e. The first-order valence-corrected chi connectivity index (χ1v) is 4.64. The molecule has 1 atom stereocenters. The van der Waals surface area contributed by atoms with Gasteiger partial charge in [-0.05, 0) is 6.92 Å². The third-order valence-corrected chi connectivity index (χ3v) is 2.33. The zero-order valence-corrected chi connectivity index (χ0v) is 8.04. The van der Waals surface area contributed by atoms with Gasteiger partial charge in [0.2, 0.25) is 0 Å². The highest BCUT2D eigenvalue weighted by Gasteiger charge is 2.18. The molecule has 5 heteroatoms. The molecular weight excluding hydrogens is 182 g/mol. The highest BCUT2D eigenvalue weighted by molar-refractivity contribution is 5.27. The molecule has 1 aromatic heterocycles. The number of aromatic amines is 1. The average Bonchev–Trinajstić information content (AvgIpc) is 2.16. The van der Waals surface area contributed by atoms with Crippen molar-refractivity contribution in [2.24, 2.45) is 5.73 Å². The van der Waals surface area contributed by atoms with Gasteiger partial charge in [-0.25, -0.2) is 4.79 Å². The van der Waals surface area contributed by atoms with Gasteiger partial charge in [-0.2, -0.15) is 4.98 Å². The summed E-state index contributed by atoms with van der Waals surface area (Å²) in [6.07, 6.45) is 0.729. The van der Waals surface area contributed by atoms with Crippen LogP contribution in [0.3, 0.4) is 0 Å². The number of H-pyrrole nitrogens is 1. The van der Waals surface area contributed by atoms with Crippen LogP contribution in [-0.4, -0.2) is 16.6 Å². The quantitative estimate of drug-likeness (QED) is 0.653. The van der Waals surface area contributed by atoms with Crippen molar-refractivity contribution in [1.29, 1.82) is 0 Å². The monoisotopic (exact) mass is 195 g/mol. The maximum absolute atomic E-state index is 11.2. The average molecular weight is 195 g/mol. The van der Waals surface area contributed by atoms with Gasteiger partial charge in [0.25, 0.3) is 0 Å². The minimum Gasteiger partial charge on any atom is -0.376 e. The lowest BCUT2D eigenvalue weighted by molar-refractivity contribution is 0.107. The molecule has 0 radical (unpaired) electrons. The van der Waals surface area contributed by atoms with E-state index < -0.39 is 0 Å². The number of fused-ring (bicyclic) bond motifs is 1. The van der Waals surface area contributed by atoms with Gasteiger partial charge in [0.15, 0.2) is 0 Å². The second-order valence-corrected chi connectivity index (χ2v) is 3.48. The molecule has 0 aromatic carbocycles. The number of nitrogens with zero attached hydrogens (tertiary/aromatic N) is 1. The fourth-order valence-electron chi connectivity index (χ4n) is 1.66. The van der Waals surface area contributed by atoms with Crippen LogP contribution in [-0.2, 0) is 17.8 Å². The molecule has 0 aliphatic carbocycles. The molecule has 2 heterocycles. The number of nitrogens with two attached hydrogens (primary N) is 1. The van der Waals surface area contributed by atoms with Crippen LogP contribution in [0.4, 0.5) is 0 Å². The number of nitrogens with one attached hydrogen (secondary N) is 1. The molecule has 0 saturated carbocycles. The first-order chi connectivity index (χ1) is 6.68. The number of rotatable bonds is 1. The Morgan fingerprint density at radius 2 is 2.43 bits per heavy atom. The van der Waals surface area contributed by atoms with E-state index in [-0.39, 0.29) is 11.7 Å². The molecule has 76 valence electrons. The van der Waals surface area contributed by atoms with Crippen LogP contribution in [0.5, 0.6) is 0 Å². The normalized spacial score (nSPS) is 17.6. The Hall–Kier alpha value is -1.20. The van der Waals surface area contributed by atoms with Crippen LogP contribution in [0, 0.1) is 0 Å². The predicted molar refractivity (Wildman–Crippen MR) is 50.8 cm³/mol. The molecule has 0 spiro atoms. The van der Waals surface area contributed by atoms with Gasteiger partial charge >= 0.3 is 5.69 Å². The second-order valence-electron chi connectivity index (χ2n) is 3.48. The van der Waals surface area contributed by atoms with Crippen LogP contribution >= 0.6 is 0 Å². The maximum atomic E-state index is 11.2. The summed E-state index contributed by atoms with van der Waals surface area (Å²) in [6.45, 7) is 2.96. The molecule has 1 aliphatic heterocycles. The van der Waals surface area contributed by atoms with Crippen molar-refractivity contribution in [2.45, 2.75) is 26.0 Å². The highest BCUT2D eigenvalue weighted by atomic mass is 16.5. The summed E-state index contributed by atoms with van der Waals surface area (Å²) in [6, 6.07) is -0.229. The lowest BCUT2D eigenvalue weighted by Crippen LogP contribution is -2.26. The zero-order valence-electron chi connectivity index (χ0n) is 8.04. The summed E-state index contributed by atoms with van der Waals surface area (Å²) in [7, 11) is 0. The minimum atomic E-state index is -0.321. The molecule has 0 fully saturated rings. The van der Waals surface area contributed by atoms with Crippen molar-refractivity contribution in [2.75, 3.05) is 6.61 Å². The van der Waals surface area contributed by atoms with E-state index >= 15 is 0 Å². The zero-order chi connectivity index (χ0) is 10.1. The van der Waals surface area contributed by atoms with Crippen LogP contribution in [0.2, 0.25) is 0 Å². The fraction of sp³-hybridized carbons (Fsp3) is 0.556. The summed E-state index contributed by atoms with van der Waals surface area (Å²) in [5.74, 6) is 0. The van der Waals surface area contributed by atoms with Gasteiger partial charge in [-0.3, -0.25) is 0 Å². The Balaban J connectivity index is 2.58. The van der Waals surface area contributed by atoms with Crippen LogP contribution in [0.15, 0.2) is 4.79 Å². The van der Waals surface area contributed by atoms with Crippen molar-refractivity contribution < 1.29 is 4.74 Å². The lowest BCUT2D eigenvalue weighted by Gasteiger charge is -2.19. The van der Waals surface area contributed by atoms with Gasteiger partial charge < -0.3 is 15.5 Å². The van der Waals surface area contributed by atoms with E-state index in [1.165, 1.54) is 0 Å². The molecule has 1 aliphatic rings. The van der Waals surface area contributed by atoms with Crippen LogP contribution in [0.1, 0.15) is 29.9 Å². The van der Waals surface area contributed by atoms with Gasteiger partial charge in [0.05, 0.1) is 18.9 Å². The SMILES string of the molecule is C[C@H](N)c1nc(=O)[nH]c2c1COCC2. The van der Waals surface area contributed by atoms with Gasteiger partial charge in [0, 0.05) is 23.7 Å². The number of hydrogen-bond donors (Lipinski definition) is 2. The summed E-state index contributed by atoms with van der Waals surface area (Å²) >= 11 is 0. The van der Waals surface area contributed by atoms with E-state index in [0.29, 0.717) is 18.9 Å². The molecule has 3 N–H and O–H groups in total. The van der Waals surface area contributed by atoms with Crippen LogP contribution < -0.4 is 11.4 Å². The van der Waals surface area contributed by atoms with E-state index in [9.17, 15) is 4.79 Å². The fourth-order valence-corrected chi connectivity index (χ4v) is 1.66. The van der Waals surface area contributed by atoms with E-state index in [1.54, 1.807) is 0 Å². The summed E-state index contributed by atoms with van der Waals surface area (Å²) < 4.78 is 5.31. The van der Waals surface area contributed by atoms with Gasteiger partial charge in [0.1, 0.15) is 0 Å². The molecule has 2 rings (SSSR count). The van der Waals surface area contributed by atoms with E-state index in [2.05, 4.69) is 9.97 Å². The van der Waals surface area contributed by atoms with Gasteiger partial charge in [-0.1, -0.05) is 0 Å². The summed E-state index contributed by atoms with van der Waals surface area (Å²) in [4.78, 5) is 17.8. The first kappa shape index (κ1) is 9.36. The summed E-state index contributed by atoms with van der Waals surface area (Å²) in [5.41, 5.74) is 7.94. The smallest absolute Gasteiger partial charge is 0.345 e. The Morgan fingerprint density at radius 1 is 1.64 bits per heavy atom. The van der Waals surface area contributed by atoms with Crippen molar-refractivity contribution in [3.63, 3.8) is 0 Å². The third kappa shape index (κ3) is 1.56. The van der Waals surface area contributed by atoms with Crippen molar-refractivity contribution in [3.8, 4) is 0 Å². The molecule has 14 heavy (non-hydrogen) atoms. The number of ether oxygens (including phenoxy) is 1. The standard InChI is InChI=1S/C9H13N3O2/c1-5(10)8-6-4-14-3-2-7(6)11-9(13)12-8/h5H,2-4,10H2,1H3,(H,11,12,13)/t5-/m0/s1. The summed E-state index contributed by atoms with van der Waals surface area (Å²) in [5, 5.41) is 0. The maximum Gasteiger partial charge on any atom is 0.345 e. The third-order valence-electron chi connectivity index (χ3n) is 2.33. The Morgan fingerprint density at radius 3 is 3.14 bits per heavy atom. The van der Waals surface area contributed by atoms with Crippen molar-refractivity contribution in [3.05, 3.63) is 27.4 Å². The molecule has 0 bridgehead atoms. The highest BCUT2D eigenvalue weighted by Crippen LogP contribution is 2.19. The second kappa shape index (κ2) is 3.51. The minimum absolute atomic E-state index is 0.229. The van der Waals surface area contributed by atoms with Crippen LogP contribution in [0.25, 0.3) is 0 Å². The number of hydrogen-bond acceptors (Lipinski definition) is 4. The molecule has 5 nitrogen and oxygen atoms in total.